The van der Waals surface area contributed by atoms with Gasteiger partial charge < -0.3 is 16.0 Å². The van der Waals surface area contributed by atoms with Crippen LogP contribution in [0.25, 0.3) is 5.65 Å². The molecule has 1 unspecified atom stereocenters. The minimum absolute atomic E-state index is 0.325. The maximum Gasteiger partial charge on any atom is 0.163 e. The number of hydrogen-bond donors (Lipinski definition) is 2. The minimum Gasteiger partial charge on any atom is -0.356 e. The molecule has 3 heterocycles. The standard InChI is InChI=1S/C23H33N7OS/c1-16(2)20-15-25-30-22(26-18-5-7-19(8-6-18)32(31)28(3)4)13-21(27-23(20)30)29-11-9-17(14-24)10-12-29/h5-8,13,15-17,26H,9-12,14,24H2,1-4H3. The number of rotatable bonds is 7. The van der Waals surface area contributed by atoms with Gasteiger partial charge in [0.15, 0.2) is 5.65 Å². The van der Waals surface area contributed by atoms with Crippen LogP contribution in [0.2, 0.25) is 0 Å². The number of piperidine rings is 1. The van der Waals surface area contributed by atoms with E-state index in [1.165, 1.54) is 0 Å². The van der Waals surface area contributed by atoms with Crippen LogP contribution in [0.3, 0.4) is 0 Å². The zero-order valence-corrected chi connectivity index (χ0v) is 20.1. The van der Waals surface area contributed by atoms with E-state index in [0.717, 1.165) is 65.9 Å². The molecule has 1 aliphatic heterocycles. The van der Waals surface area contributed by atoms with Crippen LogP contribution in [0, 0.1) is 5.92 Å². The Bertz CT molecular complexity index is 1090. The van der Waals surface area contributed by atoms with E-state index >= 15 is 0 Å². The van der Waals surface area contributed by atoms with E-state index in [1.54, 1.807) is 18.4 Å². The maximum atomic E-state index is 12.3. The van der Waals surface area contributed by atoms with Crippen LogP contribution in [0.5, 0.6) is 0 Å². The molecule has 0 radical (unpaired) electrons. The first kappa shape index (κ1) is 22.7. The van der Waals surface area contributed by atoms with Gasteiger partial charge in [0.1, 0.15) is 22.6 Å². The lowest BCUT2D eigenvalue weighted by Gasteiger charge is -2.32. The van der Waals surface area contributed by atoms with E-state index in [9.17, 15) is 4.21 Å². The molecule has 3 aromatic rings. The smallest absolute Gasteiger partial charge is 0.163 e. The fourth-order valence-corrected chi connectivity index (χ4v) is 4.83. The van der Waals surface area contributed by atoms with E-state index in [1.807, 2.05) is 35.0 Å². The van der Waals surface area contributed by atoms with Crippen molar-refractivity contribution in [2.24, 2.45) is 11.7 Å². The molecule has 1 aliphatic rings. The van der Waals surface area contributed by atoms with Crippen LogP contribution >= 0.6 is 0 Å². The van der Waals surface area contributed by atoms with Crippen LogP contribution in [-0.2, 0) is 11.0 Å². The van der Waals surface area contributed by atoms with Gasteiger partial charge in [0, 0.05) is 30.4 Å². The van der Waals surface area contributed by atoms with Crippen LogP contribution in [0.1, 0.15) is 38.2 Å². The summed E-state index contributed by atoms with van der Waals surface area (Å²) in [6.07, 6.45) is 4.09. The molecule has 1 saturated heterocycles. The van der Waals surface area contributed by atoms with Gasteiger partial charge >= 0.3 is 0 Å². The summed E-state index contributed by atoms with van der Waals surface area (Å²) in [5.74, 6) is 2.74. The van der Waals surface area contributed by atoms with Gasteiger partial charge in [-0.05, 0) is 69.6 Å². The summed E-state index contributed by atoms with van der Waals surface area (Å²) in [6.45, 7) is 6.99. The highest BCUT2D eigenvalue weighted by molar-refractivity contribution is 7.82. The molecule has 0 spiro atoms. The molecule has 2 aromatic heterocycles. The van der Waals surface area contributed by atoms with Crippen molar-refractivity contribution in [3.05, 3.63) is 42.1 Å². The van der Waals surface area contributed by atoms with E-state index < -0.39 is 11.0 Å². The number of nitrogens with two attached hydrogens (primary N) is 1. The monoisotopic (exact) mass is 455 g/mol. The quantitative estimate of drug-likeness (QED) is 0.568. The molecule has 0 bridgehead atoms. The molecule has 3 N–H and O–H groups in total. The van der Waals surface area contributed by atoms with Crippen molar-refractivity contribution in [2.45, 2.75) is 37.5 Å². The van der Waals surface area contributed by atoms with Crippen molar-refractivity contribution in [3.63, 3.8) is 0 Å². The van der Waals surface area contributed by atoms with Crippen molar-refractivity contribution >= 4 is 34.0 Å². The second kappa shape index (κ2) is 9.56. The zero-order valence-electron chi connectivity index (χ0n) is 19.3. The molecule has 8 nitrogen and oxygen atoms in total. The number of fused-ring (bicyclic) bond motifs is 1. The number of nitrogens with one attached hydrogen (secondary N) is 1. The van der Waals surface area contributed by atoms with Crippen LogP contribution in [-0.4, -0.2) is 56.8 Å². The van der Waals surface area contributed by atoms with E-state index in [-0.39, 0.29) is 0 Å². The van der Waals surface area contributed by atoms with Crippen molar-refractivity contribution in [2.75, 3.05) is 43.9 Å². The summed E-state index contributed by atoms with van der Waals surface area (Å²) in [7, 11) is 2.44. The normalized spacial score (nSPS) is 16.3. The summed E-state index contributed by atoms with van der Waals surface area (Å²) >= 11 is 0. The summed E-state index contributed by atoms with van der Waals surface area (Å²) in [5.41, 5.74) is 8.80. The molecule has 4 rings (SSSR count). The Hall–Kier alpha value is -2.49. The molecule has 0 aliphatic carbocycles. The fraction of sp³-hybridized carbons (Fsp3) is 0.478. The second-order valence-electron chi connectivity index (χ2n) is 8.87. The molecule has 1 aromatic carbocycles. The van der Waals surface area contributed by atoms with Gasteiger partial charge in [-0.2, -0.15) is 9.61 Å². The Morgan fingerprint density at radius 2 is 1.91 bits per heavy atom. The Morgan fingerprint density at radius 3 is 2.50 bits per heavy atom. The SMILES string of the molecule is CC(C)c1cnn2c(Nc3ccc(S(=O)N(C)C)cc3)cc(N3CCC(CN)CC3)nc12. The second-order valence-corrected chi connectivity index (χ2v) is 10.6. The lowest BCUT2D eigenvalue weighted by molar-refractivity contribution is 0.413. The van der Waals surface area contributed by atoms with Crippen LogP contribution in [0.4, 0.5) is 17.3 Å². The van der Waals surface area contributed by atoms with E-state index in [4.69, 9.17) is 10.7 Å². The van der Waals surface area contributed by atoms with Crippen LogP contribution < -0.4 is 16.0 Å². The van der Waals surface area contributed by atoms with Crippen molar-refractivity contribution < 1.29 is 4.21 Å². The predicted molar refractivity (Wildman–Crippen MR) is 131 cm³/mol. The zero-order chi connectivity index (χ0) is 22.8. The highest BCUT2D eigenvalue weighted by Gasteiger charge is 2.22. The number of nitrogens with zero attached hydrogens (tertiary/aromatic N) is 5. The van der Waals surface area contributed by atoms with Gasteiger partial charge in [0.05, 0.1) is 11.1 Å². The van der Waals surface area contributed by atoms with Gasteiger partial charge in [-0.15, -0.1) is 0 Å². The van der Waals surface area contributed by atoms with Gasteiger partial charge in [-0.3, -0.25) is 0 Å². The van der Waals surface area contributed by atoms with E-state index in [2.05, 4.69) is 35.2 Å². The Morgan fingerprint density at radius 1 is 1.22 bits per heavy atom. The van der Waals surface area contributed by atoms with E-state index in [0.29, 0.717) is 11.8 Å². The highest BCUT2D eigenvalue weighted by Crippen LogP contribution is 2.29. The summed E-state index contributed by atoms with van der Waals surface area (Å²) in [6, 6.07) is 9.74. The molecule has 1 fully saturated rings. The Labute approximate surface area is 192 Å². The third kappa shape index (κ3) is 4.65. The molecule has 0 saturated carbocycles. The minimum atomic E-state index is -1.16. The summed E-state index contributed by atoms with van der Waals surface area (Å²) < 4.78 is 15.9. The first-order chi connectivity index (χ1) is 15.4. The molecule has 9 heteroatoms. The van der Waals surface area contributed by atoms with Crippen LogP contribution in [0.15, 0.2) is 41.4 Å². The third-order valence-electron chi connectivity index (χ3n) is 6.04. The topological polar surface area (TPSA) is 91.8 Å². The van der Waals surface area contributed by atoms with Gasteiger partial charge in [-0.1, -0.05) is 13.8 Å². The molecule has 0 amide bonds. The maximum absolute atomic E-state index is 12.3. The molecule has 32 heavy (non-hydrogen) atoms. The number of aromatic nitrogens is 3. The molecular weight excluding hydrogens is 422 g/mol. The lowest BCUT2D eigenvalue weighted by atomic mass is 9.97. The average molecular weight is 456 g/mol. The predicted octanol–water partition coefficient (Wildman–Crippen LogP) is 3.36. The molecule has 1 atom stereocenters. The van der Waals surface area contributed by atoms with Crippen molar-refractivity contribution in [1.82, 2.24) is 18.9 Å². The molecular formula is C23H33N7OS. The summed E-state index contributed by atoms with van der Waals surface area (Å²) in [4.78, 5) is 8.11. The number of anilines is 3. The van der Waals surface area contributed by atoms with Gasteiger partial charge in [-0.25, -0.2) is 13.5 Å². The Kier molecular flexibility index (Phi) is 6.78. The number of benzene rings is 1. The third-order valence-corrected chi connectivity index (χ3v) is 7.38. The fourth-order valence-electron chi connectivity index (χ4n) is 4.04. The van der Waals surface area contributed by atoms with Crippen molar-refractivity contribution in [3.8, 4) is 0 Å². The van der Waals surface area contributed by atoms with Gasteiger partial charge in [0.25, 0.3) is 0 Å². The van der Waals surface area contributed by atoms with Gasteiger partial charge in [0.2, 0.25) is 0 Å². The first-order valence-corrected chi connectivity index (χ1v) is 12.3. The largest absolute Gasteiger partial charge is 0.356 e. The molecule has 172 valence electrons. The van der Waals surface area contributed by atoms with Crippen molar-refractivity contribution in [1.29, 1.82) is 0 Å². The Balaban J connectivity index is 1.67. The average Bonchev–Trinajstić information content (AvgIpc) is 3.24. The lowest BCUT2D eigenvalue weighted by Crippen LogP contribution is -2.36. The highest BCUT2D eigenvalue weighted by atomic mass is 32.2. The number of hydrogen-bond acceptors (Lipinski definition) is 6. The first-order valence-electron chi connectivity index (χ1n) is 11.2. The summed E-state index contributed by atoms with van der Waals surface area (Å²) in [5, 5.41) is 8.11.